The van der Waals surface area contributed by atoms with Crippen LogP contribution < -0.4 is 5.32 Å². The Hall–Kier alpha value is -0.950. The summed E-state index contributed by atoms with van der Waals surface area (Å²) in [6.45, 7) is 2.65. The number of urea groups is 1. The van der Waals surface area contributed by atoms with E-state index in [2.05, 4.69) is 5.32 Å². The monoisotopic (exact) mass is 290 g/mol. The van der Waals surface area contributed by atoms with Crippen LogP contribution >= 0.6 is 11.8 Å². The van der Waals surface area contributed by atoms with Crippen LogP contribution in [0.15, 0.2) is 0 Å². The summed E-state index contributed by atoms with van der Waals surface area (Å²) in [6, 6.07) is -1.20. The number of carboxylic acids is 1. The number of nitrogens with zero attached hydrogens (tertiary/aromatic N) is 1. The van der Waals surface area contributed by atoms with E-state index in [1.807, 2.05) is 6.26 Å². The lowest BCUT2D eigenvalue weighted by atomic mass is 9.94. The van der Waals surface area contributed by atoms with Gasteiger partial charge in [0.25, 0.3) is 0 Å². The first kappa shape index (κ1) is 16.1. The number of likely N-dealkylation sites (tertiary alicyclic amines) is 1. The van der Waals surface area contributed by atoms with Gasteiger partial charge in [0.15, 0.2) is 0 Å². The molecule has 1 atom stereocenters. The molecule has 1 aliphatic heterocycles. The number of aliphatic carboxylic acids is 1. The maximum absolute atomic E-state index is 12.0. The van der Waals surface area contributed by atoms with Crippen LogP contribution in [0.1, 0.15) is 26.2 Å². The summed E-state index contributed by atoms with van der Waals surface area (Å²) in [4.78, 5) is 24.6. The molecule has 0 bridgehead atoms. The van der Waals surface area contributed by atoms with Crippen LogP contribution in [-0.2, 0) is 4.79 Å². The predicted molar refractivity (Wildman–Crippen MR) is 74.4 cm³/mol. The summed E-state index contributed by atoms with van der Waals surface area (Å²) < 4.78 is 0. The Morgan fingerprint density at radius 1 is 1.42 bits per heavy atom. The van der Waals surface area contributed by atoms with Gasteiger partial charge >= 0.3 is 12.0 Å². The van der Waals surface area contributed by atoms with Gasteiger partial charge in [-0.3, -0.25) is 0 Å². The van der Waals surface area contributed by atoms with Crippen molar-refractivity contribution in [1.82, 2.24) is 10.2 Å². The average Bonchev–Trinajstić information content (AvgIpc) is 2.33. The summed E-state index contributed by atoms with van der Waals surface area (Å²) in [5.74, 6) is -0.321. The lowest BCUT2D eigenvalue weighted by molar-refractivity contribution is -0.139. The van der Waals surface area contributed by atoms with Crippen molar-refractivity contribution in [2.75, 3.05) is 25.1 Å². The van der Waals surface area contributed by atoms with Crippen LogP contribution in [0.5, 0.6) is 0 Å². The van der Waals surface area contributed by atoms with Gasteiger partial charge in [0, 0.05) is 13.1 Å². The summed E-state index contributed by atoms with van der Waals surface area (Å²) in [5, 5.41) is 21.4. The van der Waals surface area contributed by atoms with Crippen molar-refractivity contribution in [3.63, 3.8) is 0 Å². The molecule has 0 saturated carbocycles. The van der Waals surface area contributed by atoms with Gasteiger partial charge in [0.1, 0.15) is 6.04 Å². The quantitative estimate of drug-likeness (QED) is 0.695. The second-order valence-electron chi connectivity index (χ2n) is 5.11. The Kier molecular flexibility index (Phi) is 5.93. The minimum absolute atomic E-state index is 0.357. The third kappa shape index (κ3) is 5.28. The van der Waals surface area contributed by atoms with E-state index in [0.29, 0.717) is 38.1 Å². The van der Waals surface area contributed by atoms with Gasteiger partial charge in [-0.05, 0) is 38.2 Å². The summed E-state index contributed by atoms with van der Waals surface area (Å²) >= 11 is 1.55. The van der Waals surface area contributed by atoms with E-state index in [9.17, 15) is 14.7 Å². The number of aliphatic hydroxyl groups is 1. The maximum atomic E-state index is 12.0. The molecule has 1 heterocycles. The van der Waals surface area contributed by atoms with E-state index in [0.717, 1.165) is 0 Å². The molecule has 0 aromatic heterocycles. The number of carboxylic acid groups (broad SMARTS) is 1. The third-order valence-corrected chi connectivity index (χ3v) is 3.98. The van der Waals surface area contributed by atoms with Gasteiger partial charge < -0.3 is 20.4 Å². The number of hydrogen-bond acceptors (Lipinski definition) is 4. The van der Waals surface area contributed by atoms with Gasteiger partial charge in [-0.15, -0.1) is 0 Å². The van der Waals surface area contributed by atoms with Gasteiger partial charge in [-0.2, -0.15) is 11.8 Å². The van der Waals surface area contributed by atoms with Gasteiger partial charge in [0.05, 0.1) is 5.60 Å². The lowest BCUT2D eigenvalue weighted by Crippen LogP contribution is -2.52. The van der Waals surface area contributed by atoms with Gasteiger partial charge in [-0.25, -0.2) is 9.59 Å². The molecule has 19 heavy (non-hydrogen) atoms. The zero-order chi connectivity index (χ0) is 14.5. The van der Waals surface area contributed by atoms with Crippen molar-refractivity contribution in [2.45, 2.75) is 37.8 Å². The summed E-state index contributed by atoms with van der Waals surface area (Å²) in [6.07, 6.45) is 3.34. The molecule has 1 fully saturated rings. The molecule has 0 spiro atoms. The number of carbonyl (C=O) groups is 2. The van der Waals surface area contributed by atoms with Crippen molar-refractivity contribution in [2.24, 2.45) is 0 Å². The van der Waals surface area contributed by atoms with E-state index in [-0.39, 0.29) is 6.03 Å². The topological polar surface area (TPSA) is 89.9 Å². The lowest BCUT2D eigenvalue weighted by Gasteiger charge is -2.36. The number of nitrogens with one attached hydrogen (secondary N) is 1. The SMILES string of the molecule is CSCC[C@@H](NC(=O)N1CCC(C)(O)CC1)C(=O)O. The minimum Gasteiger partial charge on any atom is -0.480 e. The average molecular weight is 290 g/mol. The Balaban J connectivity index is 2.46. The molecule has 3 N–H and O–H groups in total. The Morgan fingerprint density at radius 3 is 2.47 bits per heavy atom. The first-order valence-corrected chi connectivity index (χ1v) is 7.74. The minimum atomic E-state index is -1.01. The first-order chi connectivity index (χ1) is 8.85. The van der Waals surface area contributed by atoms with Crippen molar-refractivity contribution in [3.8, 4) is 0 Å². The Bertz CT molecular complexity index is 326. The molecule has 1 rings (SSSR count). The first-order valence-electron chi connectivity index (χ1n) is 6.35. The predicted octanol–water partition coefficient (Wildman–Crippen LogP) is 0.749. The van der Waals surface area contributed by atoms with Crippen molar-refractivity contribution < 1.29 is 19.8 Å². The molecular weight excluding hydrogens is 268 g/mol. The molecule has 0 aliphatic carbocycles. The maximum Gasteiger partial charge on any atom is 0.326 e. The fourth-order valence-electron chi connectivity index (χ4n) is 1.92. The van der Waals surface area contributed by atoms with Crippen LogP contribution in [0.3, 0.4) is 0 Å². The second kappa shape index (κ2) is 7.00. The van der Waals surface area contributed by atoms with Crippen molar-refractivity contribution in [1.29, 1.82) is 0 Å². The fraction of sp³-hybridized carbons (Fsp3) is 0.833. The van der Waals surface area contributed by atoms with E-state index in [1.54, 1.807) is 23.6 Å². The molecule has 0 aromatic rings. The number of rotatable bonds is 5. The highest BCUT2D eigenvalue weighted by molar-refractivity contribution is 7.98. The van der Waals surface area contributed by atoms with Crippen molar-refractivity contribution in [3.05, 3.63) is 0 Å². The zero-order valence-corrected chi connectivity index (χ0v) is 12.2. The molecule has 7 heteroatoms. The Morgan fingerprint density at radius 2 is 2.00 bits per heavy atom. The molecule has 110 valence electrons. The number of thioether (sulfide) groups is 1. The smallest absolute Gasteiger partial charge is 0.326 e. The summed E-state index contributed by atoms with van der Waals surface area (Å²) in [5.41, 5.74) is -0.720. The molecular formula is C12H22N2O4S. The number of hydrogen-bond donors (Lipinski definition) is 3. The second-order valence-corrected chi connectivity index (χ2v) is 6.09. The van der Waals surface area contributed by atoms with E-state index in [4.69, 9.17) is 5.11 Å². The highest BCUT2D eigenvalue weighted by Gasteiger charge is 2.31. The standard InChI is InChI=1S/C12H22N2O4S/c1-12(18)4-6-14(7-5-12)11(17)13-9(10(15)16)3-8-19-2/h9,18H,3-8H2,1-2H3,(H,13,17)(H,15,16)/t9-/m1/s1. The van der Waals surface area contributed by atoms with Crippen LogP contribution in [0.25, 0.3) is 0 Å². The van der Waals surface area contributed by atoms with Crippen LogP contribution in [-0.4, -0.2) is 63.9 Å². The molecule has 2 amide bonds. The van der Waals surface area contributed by atoms with Crippen molar-refractivity contribution >= 4 is 23.8 Å². The molecule has 1 saturated heterocycles. The van der Waals surface area contributed by atoms with Crippen LogP contribution in [0.2, 0.25) is 0 Å². The number of amides is 2. The number of carbonyl (C=O) groups excluding carboxylic acids is 1. The molecule has 6 nitrogen and oxygen atoms in total. The van der Waals surface area contributed by atoms with E-state index in [1.165, 1.54) is 0 Å². The number of piperidine rings is 1. The van der Waals surface area contributed by atoms with E-state index < -0.39 is 17.6 Å². The van der Waals surface area contributed by atoms with Crippen LogP contribution in [0, 0.1) is 0 Å². The van der Waals surface area contributed by atoms with Gasteiger partial charge in [-0.1, -0.05) is 0 Å². The zero-order valence-electron chi connectivity index (χ0n) is 11.4. The highest BCUT2D eigenvalue weighted by Crippen LogP contribution is 2.21. The molecule has 0 radical (unpaired) electrons. The highest BCUT2D eigenvalue weighted by atomic mass is 32.2. The fourth-order valence-corrected chi connectivity index (χ4v) is 2.40. The summed E-state index contributed by atoms with van der Waals surface area (Å²) in [7, 11) is 0. The normalized spacial score (nSPS) is 19.8. The Labute approximate surface area is 117 Å². The van der Waals surface area contributed by atoms with Crippen LogP contribution in [0.4, 0.5) is 4.79 Å². The third-order valence-electron chi connectivity index (χ3n) is 3.33. The molecule has 1 aliphatic rings. The largest absolute Gasteiger partial charge is 0.480 e. The molecule has 0 aromatic carbocycles. The molecule has 0 unspecified atom stereocenters. The van der Waals surface area contributed by atoms with Gasteiger partial charge in [0.2, 0.25) is 0 Å². The van der Waals surface area contributed by atoms with E-state index >= 15 is 0 Å².